The number of hydrogen-bond donors (Lipinski definition) is 1. The molecule has 0 saturated carbocycles. The van der Waals surface area contributed by atoms with Crippen LogP contribution in [0.4, 0.5) is 0 Å². The summed E-state index contributed by atoms with van der Waals surface area (Å²) in [5.74, 6) is -2.05. The van der Waals surface area contributed by atoms with Crippen molar-refractivity contribution in [3.05, 3.63) is 24.3 Å². The Morgan fingerprint density at radius 1 is 0.463 bits per heavy atom. The number of aliphatic hydroxyl groups is 1. The zero-order chi connectivity index (χ0) is 39.7. The van der Waals surface area contributed by atoms with Crippen LogP contribution in [0.2, 0.25) is 0 Å². The average Bonchev–Trinajstić information content (AvgIpc) is 3.17. The van der Waals surface area contributed by atoms with Crippen molar-refractivity contribution in [2.75, 3.05) is 39.6 Å². The van der Waals surface area contributed by atoms with Crippen molar-refractivity contribution >= 4 is 23.9 Å². The number of esters is 4. The molecule has 0 rings (SSSR count). The van der Waals surface area contributed by atoms with Gasteiger partial charge >= 0.3 is 23.9 Å². The molecular weight excluding hydrogens is 688 g/mol. The highest BCUT2D eigenvalue weighted by atomic mass is 16.6. The average molecular weight is 767 g/mol. The Kier molecular flexibility index (Phi) is 37.9. The van der Waals surface area contributed by atoms with E-state index in [0.29, 0.717) is 19.3 Å². The minimum absolute atomic E-state index is 0.0288. The van der Waals surface area contributed by atoms with Crippen LogP contribution in [0.1, 0.15) is 181 Å². The molecule has 0 amide bonds. The Labute approximate surface area is 328 Å². The van der Waals surface area contributed by atoms with Crippen molar-refractivity contribution in [2.24, 2.45) is 5.92 Å². The van der Waals surface area contributed by atoms with Crippen molar-refractivity contribution in [1.29, 1.82) is 0 Å². The quantitative estimate of drug-likeness (QED) is 0.0279. The van der Waals surface area contributed by atoms with Crippen LogP contribution >= 0.6 is 0 Å². The van der Waals surface area contributed by atoms with E-state index in [-0.39, 0.29) is 64.0 Å². The minimum atomic E-state index is -0.713. The summed E-state index contributed by atoms with van der Waals surface area (Å²) in [7, 11) is 0. The highest BCUT2D eigenvalue weighted by molar-refractivity contribution is 5.70. The molecule has 1 N–H and O–H groups in total. The van der Waals surface area contributed by atoms with E-state index in [9.17, 15) is 24.3 Å². The molecule has 10 nitrogen and oxygen atoms in total. The predicted molar refractivity (Wildman–Crippen MR) is 215 cm³/mol. The first-order valence-corrected chi connectivity index (χ1v) is 21.5. The van der Waals surface area contributed by atoms with E-state index in [1.807, 2.05) is 0 Å². The fourth-order valence-electron chi connectivity index (χ4n) is 5.52. The first kappa shape index (κ1) is 51.3. The van der Waals surface area contributed by atoms with Gasteiger partial charge in [-0.3, -0.25) is 19.2 Å². The number of carbonyl (C=O) groups is 4. The van der Waals surface area contributed by atoms with Crippen LogP contribution < -0.4 is 0 Å². The third kappa shape index (κ3) is 36.3. The number of unbranched alkanes of at least 4 members (excludes halogenated alkanes) is 16. The van der Waals surface area contributed by atoms with E-state index < -0.39 is 18.0 Å². The molecule has 314 valence electrons. The lowest BCUT2D eigenvalue weighted by molar-refractivity contribution is -0.159. The second-order valence-corrected chi connectivity index (χ2v) is 14.3. The van der Waals surface area contributed by atoms with Gasteiger partial charge in [0, 0.05) is 19.3 Å². The van der Waals surface area contributed by atoms with Crippen molar-refractivity contribution in [3.8, 4) is 0 Å². The zero-order valence-corrected chi connectivity index (χ0v) is 34.5. The monoisotopic (exact) mass is 767 g/mol. The van der Waals surface area contributed by atoms with Gasteiger partial charge in [-0.05, 0) is 51.4 Å². The summed E-state index contributed by atoms with van der Waals surface area (Å²) in [5.41, 5.74) is 0. The van der Waals surface area contributed by atoms with Crippen LogP contribution in [-0.4, -0.2) is 74.7 Å². The van der Waals surface area contributed by atoms with E-state index >= 15 is 0 Å². The maximum Gasteiger partial charge on any atom is 0.308 e. The molecule has 0 saturated heterocycles. The first-order chi connectivity index (χ1) is 26.4. The molecule has 1 unspecified atom stereocenters. The maximum atomic E-state index is 12.4. The first-order valence-electron chi connectivity index (χ1n) is 21.5. The van der Waals surface area contributed by atoms with E-state index in [2.05, 4.69) is 45.1 Å². The number of ether oxygens (including phenoxy) is 5. The van der Waals surface area contributed by atoms with Crippen molar-refractivity contribution in [3.63, 3.8) is 0 Å². The van der Waals surface area contributed by atoms with Crippen LogP contribution in [-0.2, 0) is 42.9 Å². The molecule has 0 aromatic rings. The fourth-order valence-corrected chi connectivity index (χ4v) is 5.52. The van der Waals surface area contributed by atoms with Crippen LogP contribution in [0.3, 0.4) is 0 Å². The predicted octanol–water partition coefficient (Wildman–Crippen LogP) is 10.1. The molecule has 0 aliphatic heterocycles. The van der Waals surface area contributed by atoms with Gasteiger partial charge in [0.1, 0.15) is 19.3 Å². The van der Waals surface area contributed by atoms with E-state index in [1.54, 1.807) is 0 Å². The lowest BCUT2D eigenvalue weighted by Crippen LogP contribution is -2.30. The second-order valence-electron chi connectivity index (χ2n) is 14.3. The van der Waals surface area contributed by atoms with E-state index in [4.69, 9.17) is 23.7 Å². The van der Waals surface area contributed by atoms with Crippen LogP contribution in [0.15, 0.2) is 24.3 Å². The number of aliphatic hydroxyl groups excluding tert-OH is 1. The van der Waals surface area contributed by atoms with Crippen molar-refractivity contribution in [2.45, 2.75) is 187 Å². The Morgan fingerprint density at radius 3 is 1.30 bits per heavy atom. The Hall–Kier alpha value is -2.72. The van der Waals surface area contributed by atoms with Crippen LogP contribution in [0.5, 0.6) is 0 Å². The second kappa shape index (κ2) is 40.0. The molecule has 0 spiro atoms. The van der Waals surface area contributed by atoms with Gasteiger partial charge in [-0.25, -0.2) is 0 Å². The molecule has 0 fully saturated rings. The van der Waals surface area contributed by atoms with Gasteiger partial charge < -0.3 is 28.8 Å². The third-order valence-electron chi connectivity index (χ3n) is 9.04. The summed E-state index contributed by atoms with van der Waals surface area (Å²) in [6.45, 7) is 5.88. The van der Waals surface area contributed by atoms with Gasteiger partial charge in [-0.2, -0.15) is 0 Å². The highest BCUT2D eigenvalue weighted by Crippen LogP contribution is 2.11. The maximum absolute atomic E-state index is 12.4. The topological polar surface area (TPSA) is 135 Å². The lowest BCUT2D eigenvalue weighted by atomic mass is 10.1. The van der Waals surface area contributed by atoms with Gasteiger partial charge in [-0.1, -0.05) is 129 Å². The number of carbonyl (C=O) groups excluding carboxylic acids is 4. The normalized spacial score (nSPS) is 12.1. The molecule has 54 heavy (non-hydrogen) atoms. The fraction of sp³-hybridized carbons (Fsp3) is 0.818. The minimum Gasteiger partial charge on any atom is -0.465 e. The molecule has 0 bridgehead atoms. The van der Waals surface area contributed by atoms with Crippen LogP contribution in [0, 0.1) is 5.92 Å². The number of allylic oxidation sites excluding steroid dienone is 4. The summed E-state index contributed by atoms with van der Waals surface area (Å²) < 4.78 is 27.2. The highest BCUT2D eigenvalue weighted by Gasteiger charge is 2.18. The summed E-state index contributed by atoms with van der Waals surface area (Å²) >= 11 is 0. The molecule has 10 heteroatoms. The molecule has 0 aliphatic rings. The Balaban J connectivity index is 4.30. The molecule has 0 aromatic carbocycles. The summed E-state index contributed by atoms with van der Waals surface area (Å²) in [4.78, 5) is 49.1. The SMILES string of the molecule is CCCCC/C=C\C/C=C\CCCCCCCC(=O)OCC(CO)COC(=O)CCOC(COC(=O)CCCCCCC)COC(=O)CCCCCCC. The zero-order valence-electron chi connectivity index (χ0n) is 34.5. The van der Waals surface area contributed by atoms with Gasteiger partial charge in [0.15, 0.2) is 0 Å². The van der Waals surface area contributed by atoms with Crippen molar-refractivity contribution in [1.82, 2.24) is 0 Å². The van der Waals surface area contributed by atoms with Gasteiger partial charge in [0.25, 0.3) is 0 Å². The van der Waals surface area contributed by atoms with E-state index in [1.165, 1.54) is 25.7 Å². The molecule has 0 heterocycles. The third-order valence-corrected chi connectivity index (χ3v) is 9.04. The standard InChI is InChI=1S/C44H78O10/c1-4-7-10-13-14-15-16-17-18-19-20-21-22-25-28-29-41(46)51-35-39(34-45)36-52-44(49)32-33-50-40(37-53-42(47)30-26-23-11-8-5-2)38-54-43(48)31-27-24-12-9-6-3/h14-15,17-18,39-40,45H,4-13,16,19-38H2,1-3H3/b15-14-,18-17-. The van der Waals surface area contributed by atoms with Crippen LogP contribution in [0.25, 0.3) is 0 Å². The van der Waals surface area contributed by atoms with Gasteiger partial charge in [0.2, 0.25) is 0 Å². The van der Waals surface area contributed by atoms with Gasteiger partial charge in [-0.15, -0.1) is 0 Å². The molecule has 0 aromatic heterocycles. The molecule has 1 atom stereocenters. The van der Waals surface area contributed by atoms with E-state index in [0.717, 1.165) is 109 Å². The summed E-state index contributed by atoms with van der Waals surface area (Å²) in [5, 5.41) is 9.71. The summed E-state index contributed by atoms with van der Waals surface area (Å²) in [6.07, 6.45) is 31.5. The van der Waals surface area contributed by atoms with Gasteiger partial charge in [0.05, 0.1) is 38.8 Å². The number of hydrogen-bond acceptors (Lipinski definition) is 10. The molecule has 0 aliphatic carbocycles. The number of rotatable bonds is 39. The Bertz CT molecular complexity index is 933. The molecule has 0 radical (unpaired) electrons. The largest absolute Gasteiger partial charge is 0.465 e. The summed E-state index contributed by atoms with van der Waals surface area (Å²) in [6, 6.07) is 0. The Morgan fingerprint density at radius 2 is 0.833 bits per heavy atom. The van der Waals surface area contributed by atoms with Crippen molar-refractivity contribution < 1.29 is 48.0 Å². The lowest BCUT2D eigenvalue weighted by Gasteiger charge is -2.18. The molecular formula is C44H78O10. The smallest absolute Gasteiger partial charge is 0.308 e.